The molecule has 0 saturated carbocycles. The first-order valence-electron chi connectivity index (χ1n) is 8.50. The summed E-state index contributed by atoms with van der Waals surface area (Å²) < 4.78 is 25.8. The molecule has 2 aromatic carbocycles. The van der Waals surface area contributed by atoms with Crippen molar-refractivity contribution in [1.29, 1.82) is 0 Å². The second-order valence-corrected chi connectivity index (χ2v) is 5.50. The van der Waals surface area contributed by atoms with Crippen molar-refractivity contribution in [3.8, 4) is 23.0 Å². The molecule has 0 aliphatic carbocycles. The van der Waals surface area contributed by atoms with Gasteiger partial charge in [0, 0.05) is 5.56 Å². The Balaban J connectivity index is 1.70. The largest absolute Gasteiger partial charge is 0.497 e. The van der Waals surface area contributed by atoms with Gasteiger partial charge in [-0.05, 0) is 42.5 Å². The van der Waals surface area contributed by atoms with Crippen LogP contribution in [0.2, 0.25) is 0 Å². The van der Waals surface area contributed by atoms with Crippen molar-refractivity contribution in [3.05, 3.63) is 48.0 Å². The molecule has 0 saturated heterocycles. The van der Waals surface area contributed by atoms with Crippen LogP contribution in [0.5, 0.6) is 23.0 Å². The zero-order valence-corrected chi connectivity index (χ0v) is 16.0. The first kappa shape index (κ1) is 20.9. The number of esters is 1. The smallest absolute Gasteiger partial charge is 0.325 e. The van der Waals surface area contributed by atoms with Gasteiger partial charge < -0.3 is 29.0 Å². The van der Waals surface area contributed by atoms with E-state index in [9.17, 15) is 9.59 Å². The quantitative estimate of drug-likeness (QED) is 0.491. The first-order valence-corrected chi connectivity index (χ1v) is 8.50. The Morgan fingerprint density at radius 1 is 0.821 bits per heavy atom. The lowest BCUT2D eigenvalue weighted by atomic mass is 10.2. The van der Waals surface area contributed by atoms with Crippen LogP contribution in [0.1, 0.15) is 10.4 Å². The number of nitrogens with one attached hydrogen (secondary N) is 1. The van der Waals surface area contributed by atoms with Crippen molar-refractivity contribution < 1.29 is 33.3 Å². The molecule has 150 valence electrons. The van der Waals surface area contributed by atoms with Gasteiger partial charge in [-0.2, -0.15) is 0 Å². The predicted octanol–water partition coefficient (Wildman–Crippen LogP) is 2.06. The highest BCUT2D eigenvalue weighted by Gasteiger charge is 2.12. The van der Waals surface area contributed by atoms with E-state index >= 15 is 0 Å². The number of benzene rings is 2. The van der Waals surface area contributed by atoms with Gasteiger partial charge in [-0.1, -0.05) is 0 Å². The molecule has 28 heavy (non-hydrogen) atoms. The molecule has 0 spiro atoms. The molecule has 1 N–H and O–H groups in total. The second kappa shape index (κ2) is 10.7. The molecule has 2 rings (SSSR count). The van der Waals surface area contributed by atoms with Gasteiger partial charge in [0.2, 0.25) is 0 Å². The van der Waals surface area contributed by atoms with E-state index in [0.29, 0.717) is 22.8 Å². The molecule has 0 fully saturated rings. The standard InChI is InChI=1S/C20H23NO7/c1-24-15-5-7-16(8-6-15)27-10-11-28-19(22)13-21-20(23)14-4-9-17(25-2)18(12-14)26-3/h4-9,12H,10-11,13H2,1-3H3,(H,21,23). The summed E-state index contributed by atoms with van der Waals surface area (Å²) in [7, 11) is 4.57. The highest BCUT2D eigenvalue weighted by atomic mass is 16.6. The minimum atomic E-state index is -0.563. The van der Waals surface area contributed by atoms with Crippen LogP contribution in [-0.2, 0) is 9.53 Å². The van der Waals surface area contributed by atoms with Gasteiger partial charge in [0.05, 0.1) is 21.3 Å². The average molecular weight is 389 g/mol. The predicted molar refractivity (Wildman–Crippen MR) is 101 cm³/mol. The zero-order chi connectivity index (χ0) is 20.4. The van der Waals surface area contributed by atoms with E-state index in [0.717, 1.165) is 5.75 Å². The molecular formula is C20H23NO7. The summed E-state index contributed by atoms with van der Waals surface area (Å²) >= 11 is 0. The third kappa shape index (κ3) is 6.08. The average Bonchev–Trinajstić information content (AvgIpc) is 2.74. The fraction of sp³-hybridized carbons (Fsp3) is 0.300. The first-order chi connectivity index (χ1) is 13.6. The van der Waals surface area contributed by atoms with Crippen molar-refractivity contribution in [3.63, 3.8) is 0 Å². The fourth-order valence-electron chi connectivity index (χ4n) is 2.27. The van der Waals surface area contributed by atoms with Gasteiger partial charge in [-0.15, -0.1) is 0 Å². The monoisotopic (exact) mass is 389 g/mol. The Labute approximate surface area is 163 Å². The molecule has 8 heteroatoms. The molecule has 8 nitrogen and oxygen atoms in total. The number of carbonyl (C=O) groups is 2. The van der Waals surface area contributed by atoms with Gasteiger partial charge in [-0.25, -0.2) is 0 Å². The molecule has 0 aliphatic heterocycles. The summed E-state index contributed by atoms with van der Waals surface area (Å²) in [6.45, 7) is 0.00843. The van der Waals surface area contributed by atoms with Crippen LogP contribution in [0.15, 0.2) is 42.5 Å². The minimum absolute atomic E-state index is 0.0666. The number of hydrogen-bond donors (Lipinski definition) is 1. The SMILES string of the molecule is COc1ccc(OCCOC(=O)CNC(=O)c2ccc(OC)c(OC)c2)cc1. The lowest BCUT2D eigenvalue weighted by Crippen LogP contribution is -2.31. The van der Waals surface area contributed by atoms with Gasteiger partial charge in [0.15, 0.2) is 11.5 Å². The Bertz CT molecular complexity index is 790. The molecule has 2 aromatic rings. The van der Waals surface area contributed by atoms with Crippen molar-refractivity contribution in [1.82, 2.24) is 5.32 Å². The van der Waals surface area contributed by atoms with E-state index in [-0.39, 0.29) is 19.8 Å². The Hall–Kier alpha value is -3.42. The summed E-state index contributed by atoms with van der Waals surface area (Å²) in [5, 5.41) is 2.49. The fourth-order valence-corrected chi connectivity index (χ4v) is 2.27. The minimum Gasteiger partial charge on any atom is -0.497 e. The zero-order valence-electron chi connectivity index (χ0n) is 16.0. The summed E-state index contributed by atoms with van der Waals surface area (Å²) in [4.78, 5) is 23.9. The molecule has 1 amide bonds. The Morgan fingerprint density at radius 3 is 2.14 bits per heavy atom. The molecule has 0 radical (unpaired) electrons. The normalized spacial score (nSPS) is 9.96. The molecule has 0 aromatic heterocycles. The van der Waals surface area contributed by atoms with Gasteiger partial charge in [-0.3, -0.25) is 9.59 Å². The molecule has 0 bridgehead atoms. The van der Waals surface area contributed by atoms with Crippen LogP contribution in [0.3, 0.4) is 0 Å². The van der Waals surface area contributed by atoms with E-state index in [1.807, 2.05) is 0 Å². The number of amides is 1. The summed E-state index contributed by atoms with van der Waals surface area (Å²) in [6.07, 6.45) is 0. The maximum Gasteiger partial charge on any atom is 0.325 e. The lowest BCUT2D eigenvalue weighted by Gasteiger charge is -2.10. The summed E-state index contributed by atoms with van der Waals surface area (Å²) in [6, 6.07) is 11.8. The number of methoxy groups -OCH3 is 3. The number of rotatable bonds is 10. The molecule has 0 heterocycles. The van der Waals surface area contributed by atoms with E-state index in [1.54, 1.807) is 43.5 Å². The maximum absolute atomic E-state index is 12.1. The van der Waals surface area contributed by atoms with Crippen LogP contribution >= 0.6 is 0 Å². The van der Waals surface area contributed by atoms with Crippen LogP contribution in [-0.4, -0.2) is 53.0 Å². The second-order valence-electron chi connectivity index (χ2n) is 5.50. The molecule has 0 atom stereocenters. The van der Waals surface area contributed by atoms with E-state index in [1.165, 1.54) is 20.3 Å². The van der Waals surface area contributed by atoms with Gasteiger partial charge >= 0.3 is 5.97 Å². The maximum atomic E-state index is 12.1. The lowest BCUT2D eigenvalue weighted by molar-refractivity contribution is -0.143. The van der Waals surface area contributed by atoms with Crippen LogP contribution in [0.25, 0.3) is 0 Å². The Morgan fingerprint density at radius 2 is 1.50 bits per heavy atom. The third-order valence-electron chi connectivity index (χ3n) is 3.71. The number of carbonyl (C=O) groups excluding carboxylic acids is 2. The van der Waals surface area contributed by atoms with Gasteiger partial charge in [0.1, 0.15) is 31.3 Å². The van der Waals surface area contributed by atoms with E-state index < -0.39 is 11.9 Å². The number of ether oxygens (including phenoxy) is 5. The summed E-state index contributed by atoms with van der Waals surface area (Å²) in [5.41, 5.74) is 0.341. The molecule has 0 unspecified atom stereocenters. The van der Waals surface area contributed by atoms with Crippen molar-refractivity contribution >= 4 is 11.9 Å². The molecular weight excluding hydrogens is 366 g/mol. The van der Waals surface area contributed by atoms with Crippen LogP contribution in [0, 0.1) is 0 Å². The highest BCUT2D eigenvalue weighted by Crippen LogP contribution is 2.27. The van der Waals surface area contributed by atoms with Crippen LogP contribution < -0.4 is 24.3 Å². The Kier molecular flexibility index (Phi) is 7.95. The van der Waals surface area contributed by atoms with Gasteiger partial charge in [0.25, 0.3) is 5.91 Å². The van der Waals surface area contributed by atoms with Crippen molar-refractivity contribution in [2.75, 3.05) is 41.1 Å². The topological polar surface area (TPSA) is 92.3 Å². The highest BCUT2D eigenvalue weighted by molar-refractivity contribution is 5.96. The third-order valence-corrected chi connectivity index (χ3v) is 3.71. The summed E-state index contributed by atoms with van der Waals surface area (Å²) in [5.74, 6) is 1.31. The van der Waals surface area contributed by atoms with E-state index in [4.69, 9.17) is 23.7 Å². The van der Waals surface area contributed by atoms with E-state index in [2.05, 4.69) is 5.32 Å². The van der Waals surface area contributed by atoms with Crippen molar-refractivity contribution in [2.45, 2.75) is 0 Å². The van der Waals surface area contributed by atoms with Crippen LogP contribution in [0.4, 0.5) is 0 Å². The van der Waals surface area contributed by atoms with Crippen molar-refractivity contribution in [2.24, 2.45) is 0 Å². The number of hydrogen-bond acceptors (Lipinski definition) is 7. The molecule has 0 aliphatic rings.